The Hall–Kier alpha value is -3.16. The summed E-state index contributed by atoms with van der Waals surface area (Å²) in [6, 6.07) is 18.9. The third-order valence-corrected chi connectivity index (χ3v) is 6.54. The molecule has 3 aromatic rings. The highest BCUT2D eigenvalue weighted by atomic mass is 35.5. The van der Waals surface area contributed by atoms with Gasteiger partial charge in [-0.2, -0.15) is 5.10 Å². The average molecular weight is 478 g/mol. The van der Waals surface area contributed by atoms with Crippen molar-refractivity contribution in [1.82, 2.24) is 19.6 Å². The topological polar surface area (TPSA) is 70.5 Å². The summed E-state index contributed by atoms with van der Waals surface area (Å²) in [6.07, 6.45) is 3.11. The summed E-state index contributed by atoms with van der Waals surface area (Å²) >= 11 is 6.05. The number of amides is 2. The summed E-state index contributed by atoms with van der Waals surface area (Å²) in [5.74, 6) is 1.10. The minimum atomic E-state index is -0.0750. The van der Waals surface area contributed by atoms with Gasteiger partial charge < -0.3 is 10.2 Å². The second-order valence-electron chi connectivity index (χ2n) is 8.96. The molecular formula is C26H28ClN5O2. The van der Waals surface area contributed by atoms with Crippen molar-refractivity contribution in [3.05, 3.63) is 76.9 Å². The number of halogens is 1. The number of hydrogen-bond acceptors (Lipinski definition) is 4. The third kappa shape index (κ3) is 5.32. The normalized spacial score (nSPS) is 16.8. The average Bonchev–Trinajstić information content (AvgIpc) is 3.64. The van der Waals surface area contributed by atoms with E-state index >= 15 is 0 Å². The molecule has 5 rings (SSSR count). The van der Waals surface area contributed by atoms with Crippen molar-refractivity contribution in [3.63, 3.8) is 0 Å². The van der Waals surface area contributed by atoms with Crippen LogP contribution in [0, 0.1) is 0 Å². The fraction of sp³-hybridized carbons (Fsp3) is 0.346. The van der Waals surface area contributed by atoms with Gasteiger partial charge in [-0.15, -0.1) is 0 Å². The molecule has 1 aliphatic heterocycles. The maximum absolute atomic E-state index is 13.0. The minimum Gasteiger partial charge on any atom is -0.337 e. The quantitative estimate of drug-likeness (QED) is 0.578. The van der Waals surface area contributed by atoms with Gasteiger partial charge in [0.1, 0.15) is 5.82 Å². The smallest absolute Gasteiger partial charge is 0.253 e. The van der Waals surface area contributed by atoms with Crippen LogP contribution in [0.3, 0.4) is 0 Å². The first-order chi connectivity index (χ1) is 16.6. The van der Waals surface area contributed by atoms with Crippen molar-refractivity contribution < 1.29 is 9.59 Å². The van der Waals surface area contributed by atoms with Crippen molar-refractivity contribution >= 4 is 29.2 Å². The summed E-state index contributed by atoms with van der Waals surface area (Å²) in [5, 5.41) is 8.38. The van der Waals surface area contributed by atoms with E-state index in [9.17, 15) is 9.59 Å². The van der Waals surface area contributed by atoms with Crippen LogP contribution in [0.4, 0.5) is 5.82 Å². The van der Waals surface area contributed by atoms with E-state index in [-0.39, 0.29) is 18.4 Å². The van der Waals surface area contributed by atoms with Gasteiger partial charge in [0.2, 0.25) is 5.91 Å². The van der Waals surface area contributed by atoms with Crippen LogP contribution in [0.1, 0.15) is 41.2 Å². The number of anilines is 1. The number of hydrogen-bond donors (Lipinski definition) is 1. The predicted molar refractivity (Wildman–Crippen MR) is 133 cm³/mol. The van der Waals surface area contributed by atoms with E-state index < -0.39 is 0 Å². The largest absolute Gasteiger partial charge is 0.337 e. The lowest BCUT2D eigenvalue weighted by Gasteiger charge is -2.22. The summed E-state index contributed by atoms with van der Waals surface area (Å²) in [4.78, 5) is 29.8. The van der Waals surface area contributed by atoms with Gasteiger partial charge >= 0.3 is 0 Å². The molecule has 2 aliphatic rings. The van der Waals surface area contributed by atoms with Crippen LogP contribution in [-0.4, -0.2) is 64.1 Å². The van der Waals surface area contributed by atoms with E-state index in [1.54, 1.807) is 24.3 Å². The Labute approximate surface area is 204 Å². The van der Waals surface area contributed by atoms with Crippen molar-refractivity contribution in [2.24, 2.45) is 0 Å². The van der Waals surface area contributed by atoms with Gasteiger partial charge in [0.15, 0.2) is 0 Å². The van der Waals surface area contributed by atoms with Crippen molar-refractivity contribution in [3.8, 4) is 5.69 Å². The third-order valence-electron chi connectivity index (χ3n) is 6.31. The Bertz CT molecular complexity index is 1170. The number of rotatable bonds is 6. The lowest BCUT2D eigenvalue weighted by atomic mass is 10.2. The van der Waals surface area contributed by atoms with Crippen molar-refractivity contribution in [2.75, 3.05) is 38.0 Å². The zero-order chi connectivity index (χ0) is 23.5. The zero-order valence-corrected chi connectivity index (χ0v) is 19.7. The van der Waals surface area contributed by atoms with Crippen LogP contribution in [0.2, 0.25) is 5.02 Å². The van der Waals surface area contributed by atoms with Crippen LogP contribution in [0.15, 0.2) is 60.7 Å². The Morgan fingerprint density at radius 1 is 0.971 bits per heavy atom. The maximum Gasteiger partial charge on any atom is 0.253 e. The molecule has 7 nitrogen and oxygen atoms in total. The molecule has 1 aliphatic carbocycles. The molecule has 1 saturated carbocycles. The number of carbonyl (C=O) groups excluding carboxylic acids is 2. The molecule has 0 bridgehead atoms. The molecule has 1 aromatic heterocycles. The van der Waals surface area contributed by atoms with Gasteiger partial charge in [0.25, 0.3) is 5.91 Å². The number of nitrogens with zero attached hydrogens (tertiary/aromatic N) is 4. The van der Waals surface area contributed by atoms with Gasteiger partial charge in [0.05, 0.1) is 17.9 Å². The molecule has 34 heavy (non-hydrogen) atoms. The molecule has 0 atom stereocenters. The predicted octanol–water partition coefficient (Wildman–Crippen LogP) is 4.19. The van der Waals surface area contributed by atoms with E-state index in [0.29, 0.717) is 42.0 Å². The van der Waals surface area contributed by atoms with Crippen molar-refractivity contribution in [1.29, 1.82) is 0 Å². The SMILES string of the molecule is O=C(CN1CCCN(C(=O)c2cccc(Cl)c2)CC1)Nc1cc(C2CC2)nn1-c1ccccc1. The van der Waals surface area contributed by atoms with Gasteiger partial charge in [-0.25, -0.2) is 4.68 Å². The van der Waals surface area contributed by atoms with Gasteiger partial charge in [-0.1, -0.05) is 35.9 Å². The summed E-state index contributed by atoms with van der Waals surface area (Å²) in [6.45, 7) is 2.92. The second-order valence-corrected chi connectivity index (χ2v) is 9.39. The molecule has 0 radical (unpaired) electrons. The van der Waals surface area contributed by atoms with Crippen LogP contribution in [0.25, 0.3) is 5.69 Å². The number of carbonyl (C=O) groups is 2. The highest BCUT2D eigenvalue weighted by Gasteiger charge is 2.28. The lowest BCUT2D eigenvalue weighted by Crippen LogP contribution is -2.38. The number of benzene rings is 2. The Morgan fingerprint density at radius 2 is 1.79 bits per heavy atom. The summed E-state index contributed by atoms with van der Waals surface area (Å²) in [7, 11) is 0. The van der Waals surface area contributed by atoms with E-state index in [0.717, 1.165) is 37.2 Å². The van der Waals surface area contributed by atoms with E-state index in [4.69, 9.17) is 16.7 Å². The van der Waals surface area contributed by atoms with E-state index in [1.807, 2.05) is 46.0 Å². The molecule has 2 aromatic carbocycles. The zero-order valence-electron chi connectivity index (χ0n) is 19.0. The molecule has 2 amide bonds. The molecule has 2 fully saturated rings. The van der Waals surface area contributed by atoms with E-state index in [1.165, 1.54) is 0 Å². The highest BCUT2D eigenvalue weighted by Crippen LogP contribution is 2.40. The number of aromatic nitrogens is 2. The first-order valence-electron chi connectivity index (χ1n) is 11.8. The minimum absolute atomic E-state index is 0.0202. The molecule has 0 spiro atoms. The first kappa shape index (κ1) is 22.6. The molecule has 176 valence electrons. The Balaban J connectivity index is 1.21. The molecule has 1 N–H and O–H groups in total. The van der Waals surface area contributed by atoms with Crippen LogP contribution in [-0.2, 0) is 4.79 Å². The van der Waals surface area contributed by atoms with Crippen LogP contribution < -0.4 is 5.32 Å². The Kier molecular flexibility index (Phi) is 6.65. The number of nitrogens with one attached hydrogen (secondary N) is 1. The summed E-state index contributed by atoms with van der Waals surface area (Å²) < 4.78 is 1.82. The van der Waals surface area contributed by atoms with Gasteiger partial charge in [0, 0.05) is 48.7 Å². The molecule has 1 saturated heterocycles. The maximum atomic E-state index is 13.0. The molecule has 0 unspecified atom stereocenters. The molecule has 2 heterocycles. The van der Waals surface area contributed by atoms with Crippen LogP contribution >= 0.6 is 11.6 Å². The van der Waals surface area contributed by atoms with E-state index in [2.05, 4.69) is 10.2 Å². The fourth-order valence-electron chi connectivity index (χ4n) is 4.35. The highest BCUT2D eigenvalue weighted by molar-refractivity contribution is 6.30. The lowest BCUT2D eigenvalue weighted by molar-refractivity contribution is -0.117. The molecular weight excluding hydrogens is 450 g/mol. The standard InChI is InChI=1S/C26H28ClN5O2/c27-21-7-4-6-20(16-21)26(34)31-13-5-12-30(14-15-31)18-25(33)28-24-17-23(19-10-11-19)29-32(24)22-8-2-1-3-9-22/h1-4,6-9,16-17,19H,5,10-15,18H2,(H,28,33). The van der Waals surface area contributed by atoms with Crippen LogP contribution in [0.5, 0.6) is 0 Å². The first-order valence-corrected chi connectivity index (χ1v) is 12.2. The van der Waals surface area contributed by atoms with Gasteiger partial charge in [-0.3, -0.25) is 14.5 Å². The van der Waals surface area contributed by atoms with Gasteiger partial charge in [-0.05, 0) is 49.6 Å². The fourth-order valence-corrected chi connectivity index (χ4v) is 4.55. The van der Waals surface area contributed by atoms with Crippen molar-refractivity contribution in [2.45, 2.75) is 25.2 Å². The monoisotopic (exact) mass is 477 g/mol. The molecule has 8 heteroatoms. The number of para-hydroxylation sites is 1. The summed E-state index contributed by atoms with van der Waals surface area (Å²) in [5.41, 5.74) is 2.55. The Morgan fingerprint density at radius 3 is 2.56 bits per heavy atom. The second kappa shape index (κ2) is 9.99.